The van der Waals surface area contributed by atoms with Crippen molar-refractivity contribution in [3.05, 3.63) is 58.2 Å². The fourth-order valence-electron chi connectivity index (χ4n) is 2.26. The average Bonchev–Trinajstić information content (AvgIpc) is 2.84. The summed E-state index contributed by atoms with van der Waals surface area (Å²) in [7, 11) is 0. The number of aromatic amines is 1. The van der Waals surface area contributed by atoms with Gasteiger partial charge in [0.25, 0.3) is 0 Å². The van der Waals surface area contributed by atoms with E-state index in [4.69, 9.17) is 28.9 Å². The molecule has 0 saturated heterocycles. The Balaban J connectivity index is 2.00. The third kappa shape index (κ3) is 3.22. The van der Waals surface area contributed by atoms with E-state index in [9.17, 15) is 0 Å². The van der Waals surface area contributed by atoms with Crippen molar-refractivity contribution in [1.29, 1.82) is 0 Å². The quantitative estimate of drug-likeness (QED) is 0.693. The van der Waals surface area contributed by atoms with Gasteiger partial charge in [0, 0.05) is 36.9 Å². The SMILES string of the molecule is NCCc1ccc(Cl)cc1Sc1c[nH]c2cc(Cl)ccc12. The van der Waals surface area contributed by atoms with Gasteiger partial charge in [0.1, 0.15) is 0 Å². The molecule has 1 aromatic heterocycles. The molecule has 0 aliphatic carbocycles. The van der Waals surface area contributed by atoms with Gasteiger partial charge in [0.15, 0.2) is 0 Å². The van der Waals surface area contributed by atoms with Crippen LogP contribution in [0.5, 0.6) is 0 Å². The molecule has 0 amide bonds. The normalized spacial score (nSPS) is 11.2. The molecule has 0 radical (unpaired) electrons. The maximum Gasteiger partial charge on any atom is 0.0480 e. The number of H-pyrrole nitrogens is 1. The van der Waals surface area contributed by atoms with Crippen molar-refractivity contribution in [2.45, 2.75) is 16.2 Å². The van der Waals surface area contributed by atoms with Crippen LogP contribution < -0.4 is 5.73 Å². The zero-order valence-corrected chi connectivity index (χ0v) is 13.5. The number of halogens is 2. The lowest BCUT2D eigenvalue weighted by atomic mass is 10.1. The molecule has 3 aromatic rings. The standard InChI is InChI=1S/C16H14Cl2N2S/c17-11-3-4-13-14(7-11)20-9-16(13)21-15-8-12(18)2-1-10(15)5-6-19/h1-4,7-9,20H,5-6,19H2. The van der Waals surface area contributed by atoms with Gasteiger partial charge in [-0.05, 0) is 42.8 Å². The van der Waals surface area contributed by atoms with Gasteiger partial charge in [-0.3, -0.25) is 0 Å². The third-order valence-electron chi connectivity index (χ3n) is 3.27. The van der Waals surface area contributed by atoms with Gasteiger partial charge in [0.2, 0.25) is 0 Å². The van der Waals surface area contributed by atoms with Crippen LogP contribution in [-0.2, 0) is 6.42 Å². The summed E-state index contributed by atoms with van der Waals surface area (Å²) in [6, 6.07) is 11.8. The Kier molecular flexibility index (Phi) is 4.45. The fraction of sp³-hybridized carbons (Fsp3) is 0.125. The molecule has 0 aliphatic heterocycles. The summed E-state index contributed by atoms with van der Waals surface area (Å²) < 4.78 is 0. The van der Waals surface area contributed by atoms with Crippen molar-refractivity contribution in [1.82, 2.24) is 4.98 Å². The van der Waals surface area contributed by atoms with Crippen molar-refractivity contribution in [3.8, 4) is 0 Å². The second-order valence-corrected chi connectivity index (χ2v) is 6.69. The van der Waals surface area contributed by atoms with E-state index < -0.39 is 0 Å². The van der Waals surface area contributed by atoms with Crippen LogP contribution in [-0.4, -0.2) is 11.5 Å². The van der Waals surface area contributed by atoms with Crippen molar-refractivity contribution in [2.75, 3.05) is 6.54 Å². The minimum absolute atomic E-state index is 0.624. The van der Waals surface area contributed by atoms with E-state index in [1.165, 1.54) is 5.56 Å². The van der Waals surface area contributed by atoms with Crippen LogP contribution in [0, 0.1) is 0 Å². The lowest BCUT2D eigenvalue weighted by Crippen LogP contribution is -2.03. The summed E-state index contributed by atoms with van der Waals surface area (Å²) in [5, 5.41) is 2.62. The predicted octanol–water partition coefficient (Wildman–Crippen LogP) is 5.13. The van der Waals surface area contributed by atoms with E-state index in [1.807, 2.05) is 42.6 Å². The first-order valence-electron chi connectivity index (χ1n) is 6.60. The van der Waals surface area contributed by atoms with E-state index in [1.54, 1.807) is 11.8 Å². The molecule has 3 N–H and O–H groups in total. The average molecular weight is 337 g/mol. The molecule has 1 heterocycles. The number of benzene rings is 2. The molecule has 0 saturated carbocycles. The van der Waals surface area contributed by atoms with E-state index in [2.05, 4.69) is 4.98 Å². The summed E-state index contributed by atoms with van der Waals surface area (Å²) in [5.74, 6) is 0. The smallest absolute Gasteiger partial charge is 0.0480 e. The largest absolute Gasteiger partial charge is 0.360 e. The molecule has 0 bridgehead atoms. The predicted molar refractivity (Wildman–Crippen MR) is 91.6 cm³/mol. The molecule has 0 atom stereocenters. The first-order chi connectivity index (χ1) is 10.2. The van der Waals surface area contributed by atoms with Crippen molar-refractivity contribution >= 4 is 45.9 Å². The first-order valence-corrected chi connectivity index (χ1v) is 8.17. The van der Waals surface area contributed by atoms with E-state index in [0.717, 1.165) is 37.2 Å². The zero-order valence-electron chi connectivity index (χ0n) is 11.2. The van der Waals surface area contributed by atoms with Crippen molar-refractivity contribution < 1.29 is 0 Å². The van der Waals surface area contributed by atoms with Crippen LogP contribution in [0.3, 0.4) is 0 Å². The summed E-state index contributed by atoms with van der Waals surface area (Å²) >= 11 is 13.8. The molecule has 21 heavy (non-hydrogen) atoms. The minimum atomic E-state index is 0.624. The molecule has 0 unspecified atom stereocenters. The number of hydrogen-bond acceptors (Lipinski definition) is 2. The number of aromatic nitrogens is 1. The monoisotopic (exact) mass is 336 g/mol. The molecule has 3 rings (SSSR count). The highest BCUT2D eigenvalue weighted by atomic mass is 35.5. The maximum atomic E-state index is 6.13. The van der Waals surface area contributed by atoms with Crippen LogP contribution in [0.2, 0.25) is 10.0 Å². The summed E-state index contributed by atoms with van der Waals surface area (Å²) in [4.78, 5) is 5.55. The molecule has 108 valence electrons. The summed E-state index contributed by atoms with van der Waals surface area (Å²) in [5.41, 5.74) is 7.94. The van der Waals surface area contributed by atoms with Crippen LogP contribution in [0.25, 0.3) is 10.9 Å². The lowest BCUT2D eigenvalue weighted by molar-refractivity contribution is 0.944. The molecular formula is C16H14Cl2N2S. The number of nitrogens with two attached hydrogens (primary N) is 1. The van der Waals surface area contributed by atoms with Gasteiger partial charge in [-0.1, -0.05) is 47.1 Å². The number of hydrogen-bond donors (Lipinski definition) is 2. The highest BCUT2D eigenvalue weighted by Crippen LogP contribution is 2.37. The lowest BCUT2D eigenvalue weighted by Gasteiger charge is -2.08. The van der Waals surface area contributed by atoms with Crippen LogP contribution >= 0.6 is 35.0 Å². The molecule has 2 aromatic carbocycles. The van der Waals surface area contributed by atoms with E-state index >= 15 is 0 Å². The summed E-state index contributed by atoms with van der Waals surface area (Å²) in [6.07, 6.45) is 2.84. The highest BCUT2D eigenvalue weighted by Gasteiger charge is 2.09. The van der Waals surface area contributed by atoms with Gasteiger partial charge in [0.05, 0.1) is 0 Å². The molecule has 0 spiro atoms. The second kappa shape index (κ2) is 6.32. The Hall–Kier alpha value is -1.13. The fourth-order valence-corrected chi connectivity index (χ4v) is 3.80. The van der Waals surface area contributed by atoms with Gasteiger partial charge in [-0.2, -0.15) is 0 Å². The van der Waals surface area contributed by atoms with Crippen molar-refractivity contribution in [2.24, 2.45) is 5.73 Å². The summed E-state index contributed by atoms with van der Waals surface area (Å²) in [6.45, 7) is 0.624. The minimum Gasteiger partial charge on any atom is -0.360 e. The maximum absolute atomic E-state index is 6.13. The topological polar surface area (TPSA) is 41.8 Å². The Bertz CT molecular complexity index is 783. The van der Waals surface area contributed by atoms with Crippen LogP contribution in [0.4, 0.5) is 0 Å². The van der Waals surface area contributed by atoms with Gasteiger partial charge >= 0.3 is 0 Å². The highest BCUT2D eigenvalue weighted by molar-refractivity contribution is 7.99. The van der Waals surface area contributed by atoms with E-state index in [-0.39, 0.29) is 0 Å². The Morgan fingerprint density at radius 3 is 2.57 bits per heavy atom. The Morgan fingerprint density at radius 2 is 1.76 bits per heavy atom. The van der Waals surface area contributed by atoms with Crippen molar-refractivity contribution in [3.63, 3.8) is 0 Å². The molecule has 2 nitrogen and oxygen atoms in total. The molecular weight excluding hydrogens is 323 g/mol. The third-order valence-corrected chi connectivity index (χ3v) is 4.90. The molecule has 0 fully saturated rings. The first kappa shape index (κ1) is 14.8. The van der Waals surface area contributed by atoms with Crippen LogP contribution in [0.1, 0.15) is 5.56 Å². The van der Waals surface area contributed by atoms with Gasteiger partial charge < -0.3 is 10.7 Å². The van der Waals surface area contributed by atoms with E-state index in [0.29, 0.717) is 6.54 Å². The second-order valence-electron chi connectivity index (χ2n) is 4.74. The number of rotatable bonds is 4. The number of nitrogens with one attached hydrogen (secondary N) is 1. The molecule has 0 aliphatic rings. The Morgan fingerprint density at radius 1 is 1.00 bits per heavy atom. The Labute approximate surface area is 137 Å². The number of fused-ring (bicyclic) bond motifs is 1. The van der Waals surface area contributed by atoms with Gasteiger partial charge in [-0.15, -0.1) is 0 Å². The van der Waals surface area contributed by atoms with Crippen LogP contribution in [0.15, 0.2) is 52.4 Å². The molecule has 5 heteroatoms. The van der Waals surface area contributed by atoms with Gasteiger partial charge in [-0.25, -0.2) is 0 Å². The zero-order chi connectivity index (χ0) is 14.8.